The molecule has 1 aliphatic carbocycles. The van der Waals surface area contributed by atoms with Crippen molar-refractivity contribution < 1.29 is 34.0 Å². The van der Waals surface area contributed by atoms with Crippen LogP contribution in [0, 0.1) is 0 Å². The highest BCUT2D eigenvalue weighted by atomic mass is 35.5. The van der Waals surface area contributed by atoms with Crippen LogP contribution in [0.1, 0.15) is 82.4 Å². The van der Waals surface area contributed by atoms with Crippen LogP contribution in [0.3, 0.4) is 0 Å². The second kappa shape index (κ2) is 13.4. The van der Waals surface area contributed by atoms with Crippen LogP contribution in [0.4, 0.5) is 4.79 Å². The number of carbonyl (C=O) groups is 2. The van der Waals surface area contributed by atoms with Crippen molar-refractivity contribution in [1.29, 1.82) is 0 Å². The van der Waals surface area contributed by atoms with Gasteiger partial charge in [-0.15, -0.1) is 0 Å². The predicted octanol–water partition coefficient (Wildman–Crippen LogP) is 5.66. The van der Waals surface area contributed by atoms with Crippen molar-refractivity contribution in [3.8, 4) is 11.5 Å². The van der Waals surface area contributed by atoms with Gasteiger partial charge in [0.05, 0.1) is 48.7 Å². The molecule has 10 heteroatoms. The first kappa shape index (κ1) is 30.5. The van der Waals surface area contributed by atoms with Crippen molar-refractivity contribution in [2.24, 2.45) is 0 Å². The molecule has 0 bridgehead atoms. The SMILES string of the molecule is CCOc1cc([C@@H](C)N(CCO[C@@H](C)c2ccccc2)C(=O)NC2(C(=O)O)CC2)c(Cl)c(OCC)c1C(C)O. The molecule has 9 nitrogen and oxygen atoms in total. The molecule has 0 aromatic heterocycles. The summed E-state index contributed by atoms with van der Waals surface area (Å²) in [6.07, 6.45) is -0.384. The minimum Gasteiger partial charge on any atom is -0.493 e. The van der Waals surface area contributed by atoms with Crippen molar-refractivity contribution in [3.63, 3.8) is 0 Å². The van der Waals surface area contributed by atoms with E-state index in [-0.39, 0.29) is 24.3 Å². The van der Waals surface area contributed by atoms with Gasteiger partial charge in [-0.3, -0.25) is 0 Å². The van der Waals surface area contributed by atoms with E-state index in [4.69, 9.17) is 25.8 Å². The molecule has 214 valence electrons. The summed E-state index contributed by atoms with van der Waals surface area (Å²) in [5.74, 6) is -0.366. The van der Waals surface area contributed by atoms with E-state index in [1.165, 1.54) is 4.90 Å². The summed E-state index contributed by atoms with van der Waals surface area (Å²) in [6, 6.07) is 10.3. The number of benzene rings is 2. The molecule has 1 saturated carbocycles. The van der Waals surface area contributed by atoms with Crippen LogP contribution in [-0.4, -0.2) is 59.0 Å². The molecular weight excluding hydrogens is 524 g/mol. The molecule has 2 aromatic carbocycles. The number of nitrogens with zero attached hydrogens (tertiary/aromatic N) is 1. The van der Waals surface area contributed by atoms with E-state index in [0.29, 0.717) is 48.7 Å². The molecule has 0 radical (unpaired) electrons. The van der Waals surface area contributed by atoms with Gasteiger partial charge < -0.3 is 34.6 Å². The van der Waals surface area contributed by atoms with Crippen molar-refractivity contribution in [3.05, 3.63) is 58.1 Å². The summed E-state index contributed by atoms with van der Waals surface area (Å²) in [5.41, 5.74) is 0.710. The number of aliphatic hydroxyl groups excluding tert-OH is 1. The Bertz CT molecular complexity index is 1140. The Kier molecular flexibility index (Phi) is 10.5. The molecule has 2 amide bonds. The number of carboxylic acids is 1. The Morgan fingerprint density at radius 2 is 1.74 bits per heavy atom. The third kappa shape index (κ3) is 7.15. The van der Waals surface area contributed by atoms with Gasteiger partial charge in [-0.05, 0) is 59.1 Å². The van der Waals surface area contributed by atoms with E-state index < -0.39 is 29.7 Å². The number of hydrogen-bond donors (Lipinski definition) is 3. The third-order valence-electron chi connectivity index (χ3n) is 6.91. The molecular formula is C29H39ClN2O7. The van der Waals surface area contributed by atoms with E-state index in [1.54, 1.807) is 19.9 Å². The quantitative estimate of drug-likeness (QED) is 0.272. The van der Waals surface area contributed by atoms with E-state index in [2.05, 4.69) is 5.32 Å². The molecule has 39 heavy (non-hydrogen) atoms. The lowest BCUT2D eigenvalue weighted by Gasteiger charge is -2.33. The number of nitrogens with one attached hydrogen (secondary N) is 1. The highest BCUT2D eigenvalue weighted by molar-refractivity contribution is 6.33. The summed E-state index contributed by atoms with van der Waals surface area (Å²) >= 11 is 6.84. The fourth-order valence-corrected chi connectivity index (χ4v) is 4.85. The zero-order chi connectivity index (χ0) is 28.7. The topological polar surface area (TPSA) is 118 Å². The number of urea groups is 1. The molecule has 3 rings (SSSR count). The number of hydrogen-bond acceptors (Lipinski definition) is 6. The smallest absolute Gasteiger partial charge is 0.329 e. The molecule has 0 heterocycles. The summed E-state index contributed by atoms with van der Waals surface area (Å²) in [5, 5.41) is 23.1. The van der Waals surface area contributed by atoms with E-state index in [1.807, 2.05) is 51.1 Å². The first-order chi connectivity index (χ1) is 18.6. The number of amides is 2. The molecule has 2 aromatic rings. The van der Waals surface area contributed by atoms with Crippen molar-refractivity contribution in [2.75, 3.05) is 26.4 Å². The zero-order valence-corrected chi connectivity index (χ0v) is 24.0. The standard InChI is InChI=1S/C29H39ClN2O7/c1-6-37-23-17-22(25(30)26(38-7-2)24(23)19(4)33)18(3)32(28(36)31-29(13-14-29)27(34)35)15-16-39-20(5)21-11-9-8-10-12-21/h8-12,17-20,33H,6-7,13-16H2,1-5H3,(H,31,36)(H,34,35)/t18-,19?,20+/m1/s1. The summed E-state index contributed by atoms with van der Waals surface area (Å²) < 4.78 is 17.7. The maximum atomic E-state index is 13.5. The second-order valence-corrected chi connectivity index (χ2v) is 10.1. The summed E-state index contributed by atoms with van der Waals surface area (Å²) in [4.78, 5) is 26.8. The monoisotopic (exact) mass is 562 g/mol. The first-order valence-corrected chi connectivity index (χ1v) is 13.7. The van der Waals surface area contributed by atoms with E-state index >= 15 is 0 Å². The fourth-order valence-electron chi connectivity index (χ4n) is 4.48. The maximum Gasteiger partial charge on any atom is 0.329 e. The number of aliphatic hydroxyl groups is 1. The number of ether oxygens (including phenoxy) is 3. The average Bonchev–Trinajstić information content (AvgIpc) is 3.69. The van der Waals surface area contributed by atoms with Crippen LogP contribution >= 0.6 is 11.6 Å². The van der Waals surface area contributed by atoms with Gasteiger partial charge in [0, 0.05) is 12.1 Å². The van der Waals surface area contributed by atoms with Crippen molar-refractivity contribution in [2.45, 2.75) is 71.2 Å². The normalized spacial score (nSPS) is 16.1. The summed E-state index contributed by atoms with van der Waals surface area (Å²) in [6.45, 7) is 10.00. The third-order valence-corrected chi connectivity index (χ3v) is 7.30. The van der Waals surface area contributed by atoms with Gasteiger partial charge in [0.1, 0.15) is 17.0 Å². The maximum absolute atomic E-state index is 13.5. The largest absolute Gasteiger partial charge is 0.493 e. The Morgan fingerprint density at radius 3 is 2.28 bits per heavy atom. The molecule has 1 fully saturated rings. The highest BCUT2D eigenvalue weighted by Gasteiger charge is 2.52. The van der Waals surface area contributed by atoms with Crippen LogP contribution in [0.15, 0.2) is 36.4 Å². The predicted molar refractivity (Wildman–Crippen MR) is 148 cm³/mol. The van der Waals surface area contributed by atoms with Gasteiger partial charge in [0.15, 0.2) is 0 Å². The Hall–Kier alpha value is -3.01. The Balaban J connectivity index is 1.94. The number of aliphatic carboxylic acids is 1. The molecule has 0 spiro atoms. The van der Waals surface area contributed by atoms with E-state index in [0.717, 1.165) is 5.56 Å². The van der Waals surface area contributed by atoms with Crippen molar-refractivity contribution >= 4 is 23.6 Å². The number of rotatable bonds is 14. The second-order valence-electron chi connectivity index (χ2n) is 9.67. The minimum absolute atomic E-state index is 0.169. The first-order valence-electron chi connectivity index (χ1n) is 13.3. The molecule has 0 saturated heterocycles. The number of carboxylic acid groups (broad SMARTS) is 1. The van der Waals surface area contributed by atoms with Crippen LogP contribution in [0.25, 0.3) is 0 Å². The highest BCUT2D eigenvalue weighted by Crippen LogP contribution is 2.45. The van der Waals surface area contributed by atoms with Crippen LogP contribution in [-0.2, 0) is 9.53 Å². The van der Waals surface area contributed by atoms with Gasteiger partial charge >= 0.3 is 12.0 Å². The van der Waals surface area contributed by atoms with E-state index in [9.17, 15) is 19.8 Å². The van der Waals surface area contributed by atoms with Gasteiger partial charge in [-0.2, -0.15) is 0 Å². The minimum atomic E-state index is -1.26. The average molecular weight is 563 g/mol. The molecule has 3 atom stereocenters. The molecule has 1 aliphatic rings. The van der Waals surface area contributed by atoms with Crippen molar-refractivity contribution in [1.82, 2.24) is 10.2 Å². The molecule has 1 unspecified atom stereocenters. The lowest BCUT2D eigenvalue weighted by molar-refractivity contribution is -0.140. The van der Waals surface area contributed by atoms with Gasteiger partial charge in [-0.1, -0.05) is 41.9 Å². The van der Waals surface area contributed by atoms with Gasteiger partial charge in [0.25, 0.3) is 0 Å². The number of halogens is 1. The Labute approximate surface area is 235 Å². The Morgan fingerprint density at radius 1 is 1.10 bits per heavy atom. The van der Waals surface area contributed by atoms with Gasteiger partial charge in [0.2, 0.25) is 0 Å². The zero-order valence-electron chi connectivity index (χ0n) is 23.2. The lowest BCUT2D eigenvalue weighted by Crippen LogP contribution is -2.51. The molecule has 0 aliphatic heterocycles. The van der Waals surface area contributed by atoms with Crippen LogP contribution in [0.5, 0.6) is 11.5 Å². The van der Waals surface area contributed by atoms with Crippen LogP contribution < -0.4 is 14.8 Å². The summed E-state index contributed by atoms with van der Waals surface area (Å²) in [7, 11) is 0. The fraction of sp³-hybridized carbons (Fsp3) is 0.517. The van der Waals surface area contributed by atoms with Gasteiger partial charge in [-0.25, -0.2) is 9.59 Å². The lowest BCUT2D eigenvalue weighted by atomic mass is 9.99. The number of carbonyl (C=O) groups excluding carboxylic acids is 1. The van der Waals surface area contributed by atoms with Crippen LogP contribution in [0.2, 0.25) is 5.02 Å². The molecule has 3 N–H and O–H groups in total.